The van der Waals surface area contributed by atoms with Crippen LogP contribution in [0.15, 0.2) is 30.3 Å². The van der Waals surface area contributed by atoms with E-state index in [0.717, 1.165) is 25.3 Å². The molecule has 3 nitrogen and oxygen atoms in total. The van der Waals surface area contributed by atoms with Crippen molar-refractivity contribution in [1.29, 1.82) is 0 Å². The van der Waals surface area contributed by atoms with E-state index in [1.807, 2.05) is 0 Å². The first kappa shape index (κ1) is 14.2. The molecule has 102 valence electrons. The van der Waals surface area contributed by atoms with Crippen LogP contribution < -0.4 is 5.32 Å². The van der Waals surface area contributed by atoms with Crippen molar-refractivity contribution in [2.75, 3.05) is 20.6 Å². The Morgan fingerprint density at radius 1 is 1.21 bits per heavy atom. The highest BCUT2D eigenvalue weighted by molar-refractivity contribution is 7.15. The second kappa shape index (κ2) is 6.80. The lowest BCUT2D eigenvalue weighted by Gasteiger charge is -2.04. The van der Waals surface area contributed by atoms with Gasteiger partial charge in [-0.3, -0.25) is 0 Å². The van der Waals surface area contributed by atoms with Crippen LogP contribution in [0.25, 0.3) is 10.4 Å². The SMILES string of the molecule is CCNCc1nc(CN(C)C)sc1-c1ccccc1. The summed E-state index contributed by atoms with van der Waals surface area (Å²) in [4.78, 5) is 8.23. The lowest BCUT2D eigenvalue weighted by atomic mass is 10.1. The van der Waals surface area contributed by atoms with Crippen LogP contribution >= 0.6 is 11.3 Å². The molecule has 0 fully saturated rings. The lowest BCUT2D eigenvalue weighted by molar-refractivity contribution is 0.401. The summed E-state index contributed by atoms with van der Waals surface area (Å²) in [6, 6.07) is 10.5. The summed E-state index contributed by atoms with van der Waals surface area (Å²) < 4.78 is 0. The number of nitrogens with zero attached hydrogens (tertiary/aromatic N) is 2. The maximum absolute atomic E-state index is 4.78. The monoisotopic (exact) mass is 275 g/mol. The van der Waals surface area contributed by atoms with Gasteiger partial charge in [0.05, 0.1) is 10.6 Å². The van der Waals surface area contributed by atoms with Crippen LogP contribution in [0.1, 0.15) is 17.6 Å². The highest BCUT2D eigenvalue weighted by Crippen LogP contribution is 2.30. The molecule has 0 amide bonds. The molecule has 0 aliphatic rings. The second-order valence-corrected chi connectivity index (χ2v) is 5.85. The van der Waals surface area contributed by atoms with E-state index in [2.05, 4.69) is 61.6 Å². The van der Waals surface area contributed by atoms with Crippen molar-refractivity contribution in [3.05, 3.63) is 41.0 Å². The zero-order chi connectivity index (χ0) is 13.7. The summed E-state index contributed by atoms with van der Waals surface area (Å²) in [6.07, 6.45) is 0. The zero-order valence-corrected chi connectivity index (χ0v) is 12.6. The zero-order valence-electron chi connectivity index (χ0n) is 11.8. The van der Waals surface area contributed by atoms with Crippen LogP contribution in [-0.4, -0.2) is 30.5 Å². The average Bonchev–Trinajstić information content (AvgIpc) is 2.79. The summed E-state index contributed by atoms with van der Waals surface area (Å²) in [6.45, 7) is 4.82. The number of rotatable bonds is 6. The van der Waals surface area contributed by atoms with Gasteiger partial charge >= 0.3 is 0 Å². The van der Waals surface area contributed by atoms with E-state index in [1.54, 1.807) is 11.3 Å². The molecule has 4 heteroatoms. The van der Waals surface area contributed by atoms with Gasteiger partial charge in [0.25, 0.3) is 0 Å². The maximum atomic E-state index is 4.78. The second-order valence-electron chi connectivity index (χ2n) is 4.77. The van der Waals surface area contributed by atoms with Crippen molar-refractivity contribution in [2.24, 2.45) is 0 Å². The van der Waals surface area contributed by atoms with Gasteiger partial charge in [-0.15, -0.1) is 11.3 Å². The third-order valence-corrected chi connectivity index (χ3v) is 3.90. The number of thiazole rings is 1. The van der Waals surface area contributed by atoms with Crippen LogP contribution in [0.2, 0.25) is 0 Å². The summed E-state index contributed by atoms with van der Waals surface area (Å²) >= 11 is 1.80. The van der Waals surface area contributed by atoms with E-state index >= 15 is 0 Å². The number of aromatic nitrogens is 1. The Kier molecular flexibility index (Phi) is 5.07. The van der Waals surface area contributed by atoms with E-state index < -0.39 is 0 Å². The number of hydrogen-bond donors (Lipinski definition) is 1. The third-order valence-electron chi connectivity index (χ3n) is 2.77. The van der Waals surface area contributed by atoms with Gasteiger partial charge in [0, 0.05) is 13.1 Å². The fraction of sp³-hybridized carbons (Fsp3) is 0.400. The molecule has 2 aromatic rings. The van der Waals surface area contributed by atoms with Crippen molar-refractivity contribution >= 4 is 11.3 Å². The normalized spacial score (nSPS) is 11.2. The van der Waals surface area contributed by atoms with Gasteiger partial charge < -0.3 is 10.2 Å². The Balaban J connectivity index is 2.31. The van der Waals surface area contributed by atoms with E-state index in [9.17, 15) is 0 Å². The predicted molar refractivity (Wildman–Crippen MR) is 82.3 cm³/mol. The molecule has 1 aromatic heterocycles. The molecule has 19 heavy (non-hydrogen) atoms. The quantitative estimate of drug-likeness (QED) is 0.878. The largest absolute Gasteiger partial charge is 0.311 e. The molecule has 0 radical (unpaired) electrons. The van der Waals surface area contributed by atoms with Crippen molar-refractivity contribution in [3.8, 4) is 10.4 Å². The molecular weight excluding hydrogens is 254 g/mol. The number of nitrogens with one attached hydrogen (secondary N) is 1. The van der Waals surface area contributed by atoms with Crippen LogP contribution in [0.4, 0.5) is 0 Å². The van der Waals surface area contributed by atoms with Crippen LogP contribution in [0.3, 0.4) is 0 Å². The summed E-state index contributed by atoms with van der Waals surface area (Å²) in [5.41, 5.74) is 2.42. The fourth-order valence-corrected chi connectivity index (χ4v) is 3.12. The molecule has 1 heterocycles. The molecule has 0 bridgehead atoms. The number of benzene rings is 1. The predicted octanol–water partition coefficient (Wildman–Crippen LogP) is 2.98. The van der Waals surface area contributed by atoms with Crippen molar-refractivity contribution in [3.63, 3.8) is 0 Å². The van der Waals surface area contributed by atoms with Gasteiger partial charge in [0.15, 0.2) is 0 Å². The minimum Gasteiger partial charge on any atom is -0.311 e. The minimum absolute atomic E-state index is 0.838. The maximum Gasteiger partial charge on any atom is 0.108 e. The molecule has 0 saturated carbocycles. The molecule has 0 aliphatic carbocycles. The molecule has 0 atom stereocenters. The standard InChI is InChI=1S/C15H21N3S/c1-4-16-10-13-15(12-8-6-5-7-9-12)19-14(17-13)11-18(2)3/h5-9,16H,4,10-11H2,1-3H3. The van der Waals surface area contributed by atoms with Crippen molar-refractivity contribution < 1.29 is 0 Å². The van der Waals surface area contributed by atoms with E-state index in [1.165, 1.54) is 15.4 Å². The lowest BCUT2D eigenvalue weighted by Crippen LogP contribution is -2.13. The van der Waals surface area contributed by atoms with E-state index in [0.29, 0.717) is 0 Å². The van der Waals surface area contributed by atoms with E-state index in [4.69, 9.17) is 4.98 Å². The molecule has 0 spiro atoms. The Hall–Kier alpha value is -1.23. The molecule has 0 aliphatic heterocycles. The first-order valence-electron chi connectivity index (χ1n) is 6.60. The molecule has 2 rings (SSSR count). The van der Waals surface area contributed by atoms with Gasteiger partial charge in [0.2, 0.25) is 0 Å². The fourth-order valence-electron chi connectivity index (χ4n) is 1.92. The molecule has 0 saturated heterocycles. The molecule has 1 aromatic carbocycles. The summed E-state index contributed by atoms with van der Waals surface area (Å²) in [5, 5.41) is 4.55. The van der Waals surface area contributed by atoms with E-state index in [-0.39, 0.29) is 0 Å². The summed E-state index contributed by atoms with van der Waals surface area (Å²) in [7, 11) is 4.15. The third kappa shape index (κ3) is 3.86. The molecule has 1 N–H and O–H groups in total. The van der Waals surface area contributed by atoms with Gasteiger partial charge in [-0.25, -0.2) is 4.98 Å². The van der Waals surface area contributed by atoms with Gasteiger partial charge in [-0.05, 0) is 26.2 Å². The Morgan fingerprint density at radius 2 is 1.95 bits per heavy atom. The molecule has 0 unspecified atom stereocenters. The summed E-state index contributed by atoms with van der Waals surface area (Å²) in [5.74, 6) is 0. The van der Waals surface area contributed by atoms with Crippen LogP contribution in [0, 0.1) is 0 Å². The van der Waals surface area contributed by atoms with Gasteiger partial charge in [0.1, 0.15) is 5.01 Å². The van der Waals surface area contributed by atoms with Crippen molar-refractivity contribution in [2.45, 2.75) is 20.0 Å². The van der Waals surface area contributed by atoms with Crippen LogP contribution in [0.5, 0.6) is 0 Å². The number of hydrogen-bond acceptors (Lipinski definition) is 4. The highest BCUT2D eigenvalue weighted by atomic mass is 32.1. The topological polar surface area (TPSA) is 28.2 Å². The molecular formula is C15H21N3S. The smallest absolute Gasteiger partial charge is 0.108 e. The van der Waals surface area contributed by atoms with Crippen molar-refractivity contribution in [1.82, 2.24) is 15.2 Å². The first-order valence-corrected chi connectivity index (χ1v) is 7.41. The first-order chi connectivity index (χ1) is 9.20. The Bertz CT molecular complexity index is 505. The Labute approximate surface area is 119 Å². The minimum atomic E-state index is 0.838. The van der Waals surface area contributed by atoms with Gasteiger partial charge in [-0.1, -0.05) is 37.3 Å². The highest BCUT2D eigenvalue weighted by Gasteiger charge is 2.12. The Morgan fingerprint density at radius 3 is 2.58 bits per heavy atom. The van der Waals surface area contributed by atoms with Crippen LogP contribution in [-0.2, 0) is 13.1 Å². The van der Waals surface area contributed by atoms with Gasteiger partial charge in [-0.2, -0.15) is 0 Å². The average molecular weight is 275 g/mol.